The van der Waals surface area contributed by atoms with E-state index >= 15 is 0 Å². The van der Waals surface area contributed by atoms with E-state index < -0.39 is 0 Å². The zero-order chi connectivity index (χ0) is 28.9. The van der Waals surface area contributed by atoms with E-state index in [4.69, 9.17) is 23.2 Å². The van der Waals surface area contributed by atoms with Gasteiger partial charge in [-0.3, -0.25) is 9.59 Å². The number of halogens is 2. The SMILES string of the molecule is CC(=O)CC1(c2ccccc2)CCN(CCCC2(c3ccc(Cl)c(Cl)c3)CCCN(C(=O)c3ccccc3)C2)CC1. The maximum atomic E-state index is 13.5. The van der Waals surface area contributed by atoms with Crippen LogP contribution in [-0.4, -0.2) is 54.2 Å². The highest BCUT2D eigenvalue weighted by atomic mass is 35.5. The summed E-state index contributed by atoms with van der Waals surface area (Å²) in [5.74, 6) is 0.353. The summed E-state index contributed by atoms with van der Waals surface area (Å²) in [6, 6.07) is 26.2. The Morgan fingerprint density at radius 3 is 2.12 bits per heavy atom. The second kappa shape index (κ2) is 13.1. The highest BCUT2D eigenvalue weighted by molar-refractivity contribution is 6.42. The van der Waals surface area contributed by atoms with E-state index in [2.05, 4.69) is 35.2 Å². The van der Waals surface area contributed by atoms with Crippen molar-refractivity contribution < 1.29 is 9.59 Å². The Morgan fingerprint density at radius 1 is 0.780 bits per heavy atom. The summed E-state index contributed by atoms with van der Waals surface area (Å²) < 4.78 is 0. The van der Waals surface area contributed by atoms with Gasteiger partial charge >= 0.3 is 0 Å². The average Bonchev–Trinajstić information content (AvgIpc) is 3.00. The van der Waals surface area contributed by atoms with Crippen LogP contribution in [0.25, 0.3) is 0 Å². The van der Waals surface area contributed by atoms with Gasteiger partial charge in [-0.15, -0.1) is 0 Å². The van der Waals surface area contributed by atoms with Gasteiger partial charge in [-0.05, 0) is 100 Å². The highest BCUT2D eigenvalue weighted by Gasteiger charge is 2.40. The number of hydrogen-bond donors (Lipinski definition) is 0. The number of Topliss-reactive ketones (excluding diaryl/α,β-unsaturated/α-hetero) is 1. The molecule has 5 rings (SSSR count). The molecule has 41 heavy (non-hydrogen) atoms. The lowest BCUT2D eigenvalue weighted by Crippen LogP contribution is -2.49. The molecule has 0 bridgehead atoms. The smallest absolute Gasteiger partial charge is 0.253 e. The zero-order valence-electron chi connectivity index (χ0n) is 24.0. The Morgan fingerprint density at radius 2 is 1.46 bits per heavy atom. The summed E-state index contributed by atoms with van der Waals surface area (Å²) in [7, 11) is 0. The van der Waals surface area contributed by atoms with E-state index in [1.54, 1.807) is 6.92 Å². The van der Waals surface area contributed by atoms with Crippen LogP contribution in [0.3, 0.4) is 0 Å². The van der Waals surface area contributed by atoms with Gasteiger partial charge in [0.05, 0.1) is 10.0 Å². The lowest BCUT2D eigenvalue weighted by molar-refractivity contribution is -0.118. The van der Waals surface area contributed by atoms with Crippen LogP contribution in [0.5, 0.6) is 0 Å². The molecule has 0 N–H and O–H groups in total. The van der Waals surface area contributed by atoms with Crippen molar-refractivity contribution in [3.05, 3.63) is 106 Å². The summed E-state index contributed by atoms with van der Waals surface area (Å²) in [5.41, 5.74) is 2.96. The molecule has 6 heteroatoms. The van der Waals surface area contributed by atoms with Crippen LogP contribution in [0.2, 0.25) is 10.0 Å². The standard InChI is InChI=1S/C35H40Cl2N2O2/c1-27(40)25-34(29-12-6-3-7-13-29)18-22-38(23-19-34)20-8-16-35(30-14-15-31(36)32(37)24-30)17-9-21-39(26-35)33(41)28-10-4-2-5-11-28/h2-7,10-15,24H,8-9,16-23,25-26H2,1H3. The normalized spacial score (nSPS) is 21.0. The summed E-state index contributed by atoms with van der Waals surface area (Å²) in [6.45, 7) is 6.13. The highest BCUT2D eigenvalue weighted by Crippen LogP contribution is 2.42. The van der Waals surface area contributed by atoms with Crippen molar-refractivity contribution in [2.75, 3.05) is 32.7 Å². The second-order valence-electron chi connectivity index (χ2n) is 12.1. The van der Waals surface area contributed by atoms with E-state index in [1.807, 2.05) is 53.4 Å². The molecule has 1 atom stereocenters. The van der Waals surface area contributed by atoms with Crippen molar-refractivity contribution >= 4 is 34.9 Å². The molecule has 0 aliphatic carbocycles. The fraction of sp³-hybridized carbons (Fsp3) is 0.429. The van der Waals surface area contributed by atoms with Crippen molar-refractivity contribution in [1.82, 2.24) is 9.80 Å². The average molecular weight is 592 g/mol. The lowest BCUT2D eigenvalue weighted by atomic mass is 9.69. The number of hydrogen-bond acceptors (Lipinski definition) is 3. The summed E-state index contributed by atoms with van der Waals surface area (Å²) in [4.78, 5) is 30.3. The van der Waals surface area contributed by atoms with Crippen LogP contribution in [0.15, 0.2) is 78.9 Å². The number of likely N-dealkylation sites (tertiary alicyclic amines) is 2. The van der Waals surface area contributed by atoms with Gasteiger partial charge in [0.25, 0.3) is 5.91 Å². The topological polar surface area (TPSA) is 40.6 Å². The third-order valence-electron chi connectivity index (χ3n) is 9.33. The molecule has 1 unspecified atom stereocenters. The van der Waals surface area contributed by atoms with Gasteiger partial charge in [-0.2, -0.15) is 0 Å². The van der Waals surface area contributed by atoms with E-state index in [9.17, 15) is 9.59 Å². The minimum Gasteiger partial charge on any atom is -0.338 e. The first-order valence-corrected chi connectivity index (χ1v) is 15.6. The Balaban J connectivity index is 1.29. The molecule has 3 aromatic carbocycles. The monoisotopic (exact) mass is 590 g/mol. The molecule has 4 nitrogen and oxygen atoms in total. The summed E-state index contributed by atoms with van der Waals surface area (Å²) in [5, 5.41) is 1.12. The number of nitrogens with zero attached hydrogens (tertiary/aromatic N) is 2. The van der Waals surface area contributed by atoms with Crippen LogP contribution >= 0.6 is 23.2 Å². The first-order chi connectivity index (χ1) is 19.8. The lowest BCUT2D eigenvalue weighted by Gasteiger charge is -2.45. The first kappa shape index (κ1) is 29.8. The van der Waals surface area contributed by atoms with E-state index in [0.717, 1.165) is 70.3 Å². The molecule has 2 aliphatic heterocycles. The van der Waals surface area contributed by atoms with Gasteiger partial charge in [0.15, 0.2) is 0 Å². The molecule has 2 saturated heterocycles. The van der Waals surface area contributed by atoms with Gasteiger partial charge in [-0.1, -0.05) is 77.8 Å². The van der Waals surface area contributed by atoms with Crippen molar-refractivity contribution in [3.8, 4) is 0 Å². The van der Waals surface area contributed by atoms with E-state index in [1.165, 1.54) is 11.1 Å². The van der Waals surface area contributed by atoms with Gasteiger partial charge in [-0.25, -0.2) is 0 Å². The molecular weight excluding hydrogens is 551 g/mol. The molecule has 216 valence electrons. The summed E-state index contributed by atoms with van der Waals surface area (Å²) >= 11 is 12.8. The predicted octanol–water partition coefficient (Wildman–Crippen LogP) is 7.96. The molecule has 0 saturated carbocycles. The number of ketones is 1. The largest absolute Gasteiger partial charge is 0.338 e. The Labute approximate surface area is 254 Å². The quantitative estimate of drug-likeness (QED) is 0.254. The zero-order valence-corrected chi connectivity index (χ0v) is 25.5. The van der Waals surface area contributed by atoms with Gasteiger partial charge in [0.2, 0.25) is 0 Å². The number of amides is 1. The van der Waals surface area contributed by atoms with Crippen LogP contribution in [0.4, 0.5) is 0 Å². The Hall–Kier alpha value is -2.66. The van der Waals surface area contributed by atoms with Gasteiger partial charge in [0, 0.05) is 35.9 Å². The number of rotatable bonds is 9. The summed E-state index contributed by atoms with van der Waals surface area (Å²) in [6.07, 6.45) is 6.56. The number of benzene rings is 3. The third-order valence-corrected chi connectivity index (χ3v) is 10.1. The van der Waals surface area contributed by atoms with E-state index in [-0.39, 0.29) is 22.5 Å². The maximum absolute atomic E-state index is 13.5. The van der Waals surface area contributed by atoms with Crippen LogP contribution in [0.1, 0.15) is 73.4 Å². The van der Waals surface area contributed by atoms with Crippen LogP contribution in [0, 0.1) is 0 Å². The minimum atomic E-state index is -0.171. The van der Waals surface area contributed by atoms with Crippen molar-refractivity contribution in [2.24, 2.45) is 0 Å². The molecular formula is C35H40Cl2N2O2. The number of piperidine rings is 2. The number of carbonyl (C=O) groups excluding carboxylic acids is 2. The van der Waals surface area contributed by atoms with Crippen LogP contribution < -0.4 is 0 Å². The fourth-order valence-corrected chi connectivity index (χ4v) is 7.46. The molecule has 0 spiro atoms. The van der Waals surface area contributed by atoms with Gasteiger partial charge < -0.3 is 9.80 Å². The Kier molecular flexibility index (Phi) is 9.53. The number of carbonyl (C=O) groups is 2. The Bertz CT molecular complexity index is 1340. The van der Waals surface area contributed by atoms with Crippen molar-refractivity contribution in [2.45, 2.75) is 62.7 Å². The molecule has 3 aromatic rings. The van der Waals surface area contributed by atoms with Crippen molar-refractivity contribution in [3.63, 3.8) is 0 Å². The molecule has 0 aromatic heterocycles. The second-order valence-corrected chi connectivity index (χ2v) is 12.9. The molecule has 2 heterocycles. The molecule has 2 fully saturated rings. The van der Waals surface area contributed by atoms with E-state index in [0.29, 0.717) is 23.0 Å². The van der Waals surface area contributed by atoms with Crippen LogP contribution in [-0.2, 0) is 15.6 Å². The fourth-order valence-electron chi connectivity index (χ4n) is 7.16. The maximum Gasteiger partial charge on any atom is 0.253 e. The minimum absolute atomic E-state index is 0.0630. The molecule has 1 amide bonds. The van der Waals surface area contributed by atoms with Gasteiger partial charge in [0.1, 0.15) is 5.78 Å². The first-order valence-electron chi connectivity index (χ1n) is 14.9. The predicted molar refractivity (Wildman–Crippen MR) is 168 cm³/mol. The van der Waals surface area contributed by atoms with Crippen molar-refractivity contribution in [1.29, 1.82) is 0 Å². The molecule has 2 aliphatic rings. The molecule has 0 radical (unpaired) electrons. The third kappa shape index (κ3) is 6.88.